The summed E-state index contributed by atoms with van der Waals surface area (Å²) in [6, 6.07) is 8.69. The highest BCUT2D eigenvalue weighted by Crippen LogP contribution is 2.28. The van der Waals surface area contributed by atoms with Crippen molar-refractivity contribution in [3.63, 3.8) is 0 Å². The average molecular weight is 325 g/mol. The van der Waals surface area contributed by atoms with E-state index in [9.17, 15) is 4.79 Å². The lowest BCUT2D eigenvalue weighted by Gasteiger charge is -2.15. The largest absolute Gasteiger partial charge is 0.356 e. The van der Waals surface area contributed by atoms with Gasteiger partial charge in [-0.1, -0.05) is 24.3 Å². The molecule has 0 saturated carbocycles. The molecule has 1 aliphatic heterocycles. The first-order valence-corrected chi connectivity index (χ1v) is 8.89. The molecule has 1 atom stereocenters. The normalized spacial score (nSPS) is 20.2. The number of hydrogen-bond donors (Lipinski definition) is 1. The molecule has 4 rings (SSSR count). The van der Waals surface area contributed by atoms with Crippen LogP contribution in [-0.4, -0.2) is 32.7 Å². The van der Waals surface area contributed by atoms with Crippen LogP contribution in [0.2, 0.25) is 0 Å². The Balaban J connectivity index is 1.22. The molecule has 1 aliphatic carbocycles. The van der Waals surface area contributed by atoms with Crippen LogP contribution in [0.4, 0.5) is 0 Å². The maximum Gasteiger partial charge on any atom is 0.223 e. The van der Waals surface area contributed by atoms with Crippen molar-refractivity contribution in [2.45, 2.75) is 45.1 Å². The minimum atomic E-state index is 0.0641. The molecule has 2 heterocycles. The Morgan fingerprint density at radius 1 is 1.21 bits per heavy atom. The van der Waals surface area contributed by atoms with Crippen LogP contribution in [-0.2, 0) is 30.6 Å². The molecule has 1 aromatic heterocycles. The maximum atomic E-state index is 12.4. The van der Waals surface area contributed by atoms with E-state index < -0.39 is 0 Å². The summed E-state index contributed by atoms with van der Waals surface area (Å²) in [5.74, 6) is 1.81. The monoisotopic (exact) mass is 325 g/mol. The molecular formula is C18H23N5O. The Labute approximate surface area is 141 Å². The molecule has 6 heteroatoms. The van der Waals surface area contributed by atoms with Gasteiger partial charge in [-0.15, -0.1) is 5.10 Å². The summed E-state index contributed by atoms with van der Waals surface area (Å²) in [6.45, 7) is 1.51. The quantitative estimate of drug-likeness (QED) is 0.925. The van der Waals surface area contributed by atoms with Crippen molar-refractivity contribution in [1.29, 1.82) is 0 Å². The van der Waals surface area contributed by atoms with Crippen molar-refractivity contribution in [2.24, 2.45) is 11.8 Å². The first-order chi connectivity index (χ1) is 11.8. The zero-order chi connectivity index (χ0) is 16.4. The summed E-state index contributed by atoms with van der Waals surface area (Å²) >= 11 is 0. The molecule has 6 nitrogen and oxygen atoms in total. The molecule has 1 unspecified atom stereocenters. The smallest absolute Gasteiger partial charge is 0.223 e. The van der Waals surface area contributed by atoms with Crippen LogP contribution in [0.3, 0.4) is 0 Å². The molecule has 2 aromatic rings. The first-order valence-electron chi connectivity index (χ1n) is 8.89. The van der Waals surface area contributed by atoms with E-state index in [1.807, 2.05) is 4.68 Å². The van der Waals surface area contributed by atoms with E-state index in [1.54, 1.807) is 0 Å². The molecule has 0 bridgehead atoms. The van der Waals surface area contributed by atoms with Gasteiger partial charge in [-0.05, 0) is 59.6 Å². The number of carbonyl (C=O) groups is 1. The van der Waals surface area contributed by atoms with Crippen LogP contribution in [0.25, 0.3) is 0 Å². The summed E-state index contributed by atoms with van der Waals surface area (Å²) in [7, 11) is 0. The molecule has 0 spiro atoms. The average Bonchev–Trinajstić information content (AvgIpc) is 3.16. The fraction of sp³-hybridized carbons (Fsp3) is 0.556. The fourth-order valence-corrected chi connectivity index (χ4v) is 3.96. The minimum absolute atomic E-state index is 0.0641. The van der Waals surface area contributed by atoms with Crippen molar-refractivity contribution in [1.82, 2.24) is 25.5 Å². The molecule has 1 N–H and O–H groups in total. The number of fused-ring (bicyclic) bond motifs is 2. The number of aromatic nitrogens is 4. The number of amides is 1. The number of benzene rings is 1. The van der Waals surface area contributed by atoms with Crippen molar-refractivity contribution in [3.05, 3.63) is 41.2 Å². The molecule has 0 saturated heterocycles. The summed E-state index contributed by atoms with van der Waals surface area (Å²) in [5, 5.41) is 14.8. The number of hydrogen-bond acceptors (Lipinski definition) is 4. The van der Waals surface area contributed by atoms with Crippen LogP contribution in [0.15, 0.2) is 24.3 Å². The van der Waals surface area contributed by atoms with Crippen LogP contribution in [0, 0.1) is 11.8 Å². The Bertz CT molecular complexity index is 678. The third-order valence-electron chi connectivity index (χ3n) is 5.37. The van der Waals surface area contributed by atoms with Crippen LogP contribution < -0.4 is 5.32 Å². The van der Waals surface area contributed by atoms with Crippen LogP contribution in [0.1, 0.15) is 36.2 Å². The van der Waals surface area contributed by atoms with Crippen molar-refractivity contribution < 1.29 is 4.79 Å². The zero-order valence-corrected chi connectivity index (χ0v) is 13.8. The minimum Gasteiger partial charge on any atom is -0.356 e. The van der Waals surface area contributed by atoms with Gasteiger partial charge in [0.05, 0.1) is 0 Å². The van der Waals surface area contributed by atoms with Gasteiger partial charge in [0.2, 0.25) is 5.91 Å². The second-order valence-electron chi connectivity index (χ2n) is 6.97. The predicted octanol–water partition coefficient (Wildman–Crippen LogP) is 1.55. The van der Waals surface area contributed by atoms with Gasteiger partial charge >= 0.3 is 0 Å². The number of aryl methyl sites for hydroxylation is 2. The molecule has 2 aliphatic rings. The van der Waals surface area contributed by atoms with Crippen LogP contribution >= 0.6 is 0 Å². The third kappa shape index (κ3) is 3.18. The number of tetrazole rings is 1. The van der Waals surface area contributed by atoms with E-state index in [0.29, 0.717) is 5.92 Å². The highest BCUT2D eigenvalue weighted by Gasteiger charge is 2.24. The van der Waals surface area contributed by atoms with E-state index in [2.05, 4.69) is 45.1 Å². The number of nitrogens with one attached hydrogen (secondary N) is 1. The van der Waals surface area contributed by atoms with Gasteiger partial charge < -0.3 is 5.32 Å². The second kappa shape index (κ2) is 6.71. The molecule has 1 aromatic carbocycles. The van der Waals surface area contributed by atoms with Gasteiger partial charge in [-0.3, -0.25) is 4.79 Å². The molecule has 0 fully saturated rings. The van der Waals surface area contributed by atoms with E-state index in [4.69, 9.17) is 0 Å². The fourth-order valence-electron chi connectivity index (χ4n) is 3.96. The lowest BCUT2D eigenvalue weighted by Crippen LogP contribution is -2.32. The summed E-state index contributed by atoms with van der Waals surface area (Å²) in [4.78, 5) is 12.4. The Morgan fingerprint density at radius 3 is 2.79 bits per heavy atom. The van der Waals surface area contributed by atoms with Gasteiger partial charge in [0, 0.05) is 25.4 Å². The van der Waals surface area contributed by atoms with E-state index in [0.717, 1.165) is 57.4 Å². The predicted molar refractivity (Wildman–Crippen MR) is 89.2 cm³/mol. The lowest BCUT2D eigenvalue weighted by molar-refractivity contribution is -0.125. The van der Waals surface area contributed by atoms with Gasteiger partial charge in [-0.2, -0.15) is 0 Å². The van der Waals surface area contributed by atoms with Gasteiger partial charge in [-0.25, -0.2) is 4.68 Å². The summed E-state index contributed by atoms with van der Waals surface area (Å²) in [5.41, 5.74) is 2.96. The van der Waals surface area contributed by atoms with E-state index >= 15 is 0 Å². The number of nitrogens with zero attached hydrogens (tertiary/aromatic N) is 4. The van der Waals surface area contributed by atoms with Crippen molar-refractivity contribution in [3.8, 4) is 0 Å². The van der Waals surface area contributed by atoms with Gasteiger partial charge in [0.1, 0.15) is 0 Å². The molecule has 126 valence electrons. The standard InChI is InChI=1S/C18H23N5O/c24-18(14-5-6-17-20-21-22-23(17)10-8-14)19-9-7-13-11-15-3-1-2-4-16(15)12-13/h1-4,13-14H,5-12H2,(H,19,24). The number of rotatable bonds is 4. The molecular weight excluding hydrogens is 302 g/mol. The Hall–Kier alpha value is -2.24. The molecule has 0 radical (unpaired) electrons. The first kappa shape index (κ1) is 15.3. The van der Waals surface area contributed by atoms with Crippen molar-refractivity contribution >= 4 is 5.91 Å². The topological polar surface area (TPSA) is 72.7 Å². The Morgan fingerprint density at radius 2 is 2.00 bits per heavy atom. The molecule has 24 heavy (non-hydrogen) atoms. The van der Waals surface area contributed by atoms with Gasteiger partial charge in [0.15, 0.2) is 5.82 Å². The van der Waals surface area contributed by atoms with Crippen molar-refractivity contribution in [2.75, 3.05) is 6.54 Å². The Kier molecular flexibility index (Phi) is 4.28. The molecule has 1 amide bonds. The van der Waals surface area contributed by atoms with E-state index in [-0.39, 0.29) is 11.8 Å². The SMILES string of the molecule is O=C(NCCC1Cc2ccccc2C1)C1CCc2nnnn2CC1. The number of carbonyl (C=O) groups excluding carboxylic acids is 1. The van der Waals surface area contributed by atoms with E-state index in [1.165, 1.54) is 11.1 Å². The summed E-state index contributed by atoms with van der Waals surface area (Å²) in [6.07, 6.45) is 5.79. The summed E-state index contributed by atoms with van der Waals surface area (Å²) < 4.78 is 1.82. The second-order valence-corrected chi connectivity index (χ2v) is 6.97. The highest BCUT2D eigenvalue weighted by atomic mass is 16.1. The third-order valence-corrected chi connectivity index (χ3v) is 5.37. The van der Waals surface area contributed by atoms with Crippen LogP contribution in [0.5, 0.6) is 0 Å². The lowest BCUT2D eigenvalue weighted by atomic mass is 9.98. The highest BCUT2D eigenvalue weighted by molar-refractivity contribution is 5.78. The maximum absolute atomic E-state index is 12.4. The van der Waals surface area contributed by atoms with Gasteiger partial charge in [0.25, 0.3) is 0 Å². The zero-order valence-electron chi connectivity index (χ0n) is 13.8.